The molecule has 4 aromatic rings. The van der Waals surface area contributed by atoms with E-state index in [1.807, 2.05) is 18.2 Å². The van der Waals surface area contributed by atoms with Crippen molar-refractivity contribution in [1.29, 1.82) is 0 Å². The second-order valence-electron chi connectivity index (χ2n) is 4.68. The second-order valence-corrected chi connectivity index (χ2v) is 5.09. The van der Waals surface area contributed by atoms with Gasteiger partial charge in [0.15, 0.2) is 0 Å². The van der Waals surface area contributed by atoms with Gasteiger partial charge in [-0.2, -0.15) is 4.98 Å². The topological polar surface area (TPSA) is 67.6 Å². The van der Waals surface area contributed by atoms with E-state index in [1.165, 1.54) is 18.2 Å². The molecule has 22 heavy (non-hydrogen) atoms. The van der Waals surface area contributed by atoms with Crippen LogP contribution in [0.15, 0.2) is 47.2 Å². The van der Waals surface area contributed by atoms with E-state index in [0.717, 1.165) is 16.6 Å². The second kappa shape index (κ2) is 4.92. The molecular weight excluding hydrogens is 307 g/mol. The number of H-pyrrole nitrogens is 1. The molecule has 108 valence electrons. The summed E-state index contributed by atoms with van der Waals surface area (Å²) in [6.07, 6.45) is 1.62. The van der Waals surface area contributed by atoms with Gasteiger partial charge in [0.25, 0.3) is 5.89 Å². The molecule has 7 heteroatoms. The van der Waals surface area contributed by atoms with Crippen LogP contribution in [0, 0.1) is 5.82 Å². The highest BCUT2D eigenvalue weighted by Gasteiger charge is 2.14. The molecule has 0 aliphatic heterocycles. The Hall–Kier alpha value is -2.73. The summed E-state index contributed by atoms with van der Waals surface area (Å²) in [5, 5.41) is 4.17. The predicted octanol–water partition coefficient (Wildman–Crippen LogP) is 4.07. The smallest absolute Gasteiger partial charge is 0.259 e. The molecule has 4 rings (SSSR count). The molecule has 0 fully saturated rings. The zero-order valence-corrected chi connectivity index (χ0v) is 11.8. The average Bonchev–Trinajstić information content (AvgIpc) is 3.15. The van der Waals surface area contributed by atoms with Crippen LogP contribution in [-0.2, 0) is 0 Å². The van der Waals surface area contributed by atoms with Crippen molar-refractivity contribution in [2.75, 3.05) is 0 Å². The molecule has 0 bridgehead atoms. The maximum Gasteiger partial charge on any atom is 0.259 e. The van der Waals surface area contributed by atoms with Gasteiger partial charge in [0.2, 0.25) is 5.82 Å². The van der Waals surface area contributed by atoms with E-state index in [0.29, 0.717) is 11.4 Å². The summed E-state index contributed by atoms with van der Waals surface area (Å²) in [6.45, 7) is 0. The summed E-state index contributed by atoms with van der Waals surface area (Å²) in [6, 6.07) is 9.60. The van der Waals surface area contributed by atoms with E-state index >= 15 is 0 Å². The van der Waals surface area contributed by atoms with E-state index < -0.39 is 5.82 Å². The Kier molecular flexibility index (Phi) is 2.90. The summed E-state index contributed by atoms with van der Waals surface area (Å²) in [5.41, 5.74) is 3.01. The molecule has 0 atom stereocenters. The number of rotatable bonds is 2. The Balaban J connectivity index is 1.77. The predicted molar refractivity (Wildman–Crippen MR) is 79.8 cm³/mol. The number of fused-ring (bicyclic) bond motifs is 1. The van der Waals surface area contributed by atoms with E-state index in [4.69, 9.17) is 16.1 Å². The number of hydrogen-bond acceptors (Lipinski definition) is 4. The zero-order chi connectivity index (χ0) is 15.1. The van der Waals surface area contributed by atoms with Crippen molar-refractivity contribution in [3.63, 3.8) is 0 Å². The van der Waals surface area contributed by atoms with Crippen LogP contribution in [0.2, 0.25) is 5.02 Å². The van der Waals surface area contributed by atoms with Gasteiger partial charge >= 0.3 is 0 Å². The maximum absolute atomic E-state index is 13.1. The Labute approximate surface area is 128 Å². The van der Waals surface area contributed by atoms with Crippen molar-refractivity contribution in [3.8, 4) is 22.8 Å². The molecule has 0 unspecified atom stereocenters. The van der Waals surface area contributed by atoms with Gasteiger partial charge in [-0.1, -0.05) is 16.8 Å². The summed E-state index contributed by atoms with van der Waals surface area (Å²) >= 11 is 6.00. The van der Waals surface area contributed by atoms with Crippen LogP contribution in [0.25, 0.3) is 33.9 Å². The lowest BCUT2D eigenvalue weighted by Crippen LogP contribution is -1.83. The molecule has 0 radical (unpaired) electrons. The zero-order valence-electron chi connectivity index (χ0n) is 11.0. The van der Waals surface area contributed by atoms with Crippen molar-refractivity contribution < 1.29 is 8.91 Å². The Bertz CT molecular complexity index is 979. The van der Waals surface area contributed by atoms with Gasteiger partial charge in [0.1, 0.15) is 5.82 Å². The van der Waals surface area contributed by atoms with E-state index in [2.05, 4.69) is 20.1 Å². The third kappa shape index (κ3) is 2.14. The summed E-state index contributed by atoms with van der Waals surface area (Å²) in [5.74, 6) is 0.245. The van der Waals surface area contributed by atoms with Crippen LogP contribution in [0.5, 0.6) is 0 Å². The standard InChI is InChI=1S/C15H8ClFN4O/c16-11-6-9(17)2-3-10(11)15-20-14(21-22-15)8-1-4-12-13(5-8)19-7-18-12/h1-7H,(H,18,19). The van der Waals surface area contributed by atoms with Crippen molar-refractivity contribution in [3.05, 3.63) is 53.6 Å². The molecule has 0 spiro atoms. The van der Waals surface area contributed by atoms with Crippen LogP contribution < -0.4 is 0 Å². The summed E-state index contributed by atoms with van der Waals surface area (Å²) < 4.78 is 18.3. The molecule has 5 nitrogen and oxygen atoms in total. The van der Waals surface area contributed by atoms with Gasteiger partial charge in [-0.05, 0) is 36.4 Å². The van der Waals surface area contributed by atoms with Gasteiger partial charge in [-0.25, -0.2) is 9.37 Å². The summed E-state index contributed by atoms with van der Waals surface area (Å²) in [4.78, 5) is 11.5. The quantitative estimate of drug-likeness (QED) is 0.605. The van der Waals surface area contributed by atoms with Crippen LogP contribution in [0.3, 0.4) is 0 Å². The van der Waals surface area contributed by atoms with Gasteiger partial charge in [0.05, 0.1) is 27.9 Å². The Morgan fingerprint density at radius 1 is 1.14 bits per heavy atom. The highest BCUT2D eigenvalue weighted by atomic mass is 35.5. The van der Waals surface area contributed by atoms with Crippen molar-refractivity contribution >= 4 is 22.6 Å². The van der Waals surface area contributed by atoms with E-state index in [9.17, 15) is 4.39 Å². The number of aromatic amines is 1. The number of nitrogens with one attached hydrogen (secondary N) is 1. The third-order valence-corrected chi connectivity index (χ3v) is 3.58. The van der Waals surface area contributed by atoms with Crippen LogP contribution >= 0.6 is 11.6 Å². The van der Waals surface area contributed by atoms with Crippen LogP contribution in [-0.4, -0.2) is 20.1 Å². The number of imidazole rings is 1. The first-order valence-electron chi connectivity index (χ1n) is 6.43. The number of nitrogens with zero attached hydrogens (tertiary/aromatic N) is 3. The molecule has 1 N–H and O–H groups in total. The highest BCUT2D eigenvalue weighted by molar-refractivity contribution is 6.33. The third-order valence-electron chi connectivity index (χ3n) is 3.27. The minimum Gasteiger partial charge on any atom is -0.345 e. The lowest BCUT2D eigenvalue weighted by molar-refractivity contribution is 0.432. The molecule has 2 aromatic heterocycles. The fourth-order valence-electron chi connectivity index (χ4n) is 2.19. The van der Waals surface area contributed by atoms with Gasteiger partial charge in [0, 0.05) is 5.56 Å². The van der Waals surface area contributed by atoms with Gasteiger partial charge < -0.3 is 9.51 Å². The van der Waals surface area contributed by atoms with E-state index in [-0.39, 0.29) is 10.9 Å². The van der Waals surface area contributed by atoms with Crippen molar-refractivity contribution in [2.45, 2.75) is 0 Å². The van der Waals surface area contributed by atoms with E-state index in [1.54, 1.807) is 6.33 Å². The molecule has 0 aliphatic carbocycles. The Morgan fingerprint density at radius 3 is 2.91 bits per heavy atom. The average molecular weight is 315 g/mol. The first kappa shape index (κ1) is 13.0. The molecular formula is C15H8ClFN4O. The molecule has 2 heterocycles. The monoisotopic (exact) mass is 314 g/mol. The molecule has 0 aliphatic rings. The number of benzene rings is 2. The summed E-state index contributed by atoms with van der Waals surface area (Å²) in [7, 11) is 0. The van der Waals surface area contributed by atoms with Crippen LogP contribution in [0.4, 0.5) is 4.39 Å². The fourth-order valence-corrected chi connectivity index (χ4v) is 2.44. The molecule has 2 aromatic carbocycles. The number of aromatic nitrogens is 4. The first-order valence-corrected chi connectivity index (χ1v) is 6.81. The van der Waals surface area contributed by atoms with Crippen molar-refractivity contribution in [2.24, 2.45) is 0 Å². The lowest BCUT2D eigenvalue weighted by atomic mass is 10.2. The molecule has 0 amide bonds. The Morgan fingerprint density at radius 2 is 2.05 bits per heavy atom. The molecule has 0 saturated carbocycles. The normalized spacial score (nSPS) is 11.2. The number of hydrogen-bond donors (Lipinski definition) is 1. The maximum atomic E-state index is 13.1. The first-order chi connectivity index (χ1) is 10.7. The largest absolute Gasteiger partial charge is 0.345 e. The fraction of sp³-hybridized carbons (Fsp3) is 0. The minimum absolute atomic E-state index is 0.222. The molecule has 0 saturated heterocycles. The SMILES string of the molecule is Fc1ccc(-c2nc(-c3ccc4nc[nH]c4c3)no2)c(Cl)c1. The van der Waals surface area contributed by atoms with Crippen LogP contribution in [0.1, 0.15) is 0 Å². The number of halogens is 2. The van der Waals surface area contributed by atoms with Crippen molar-refractivity contribution in [1.82, 2.24) is 20.1 Å². The minimum atomic E-state index is -0.418. The van der Waals surface area contributed by atoms with Gasteiger partial charge in [-0.3, -0.25) is 0 Å². The lowest BCUT2D eigenvalue weighted by Gasteiger charge is -1.97. The van der Waals surface area contributed by atoms with Gasteiger partial charge in [-0.15, -0.1) is 0 Å². The highest BCUT2D eigenvalue weighted by Crippen LogP contribution is 2.29.